The molecule has 0 aliphatic carbocycles. The second-order valence-corrected chi connectivity index (χ2v) is 8.31. The molecule has 2 amide bonds. The highest BCUT2D eigenvalue weighted by molar-refractivity contribution is 7.14. The zero-order valence-corrected chi connectivity index (χ0v) is 18.0. The molecule has 2 aromatic carbocycles. The first-order valence-corrected chi connectivity index (χ1v) is 10.2. The lowest BCUT2D eigenvalue weighted by Gasteiger charge is -2.07. The third-order valence-corrected chi connectivity index (χ3v) is 5.75. The molecule has 29 heavy (non-hydrogen) atoms. The number of carbonyl (C=O) groups excluding carboxylic acids is 2. The Kier molecular flexibility index (Phi) is 6.69. The van der Waals surface area contributed by atoms with Crippen LogP contribution in [0.4, 0.5) is 5.69 Å². The van der Waals surface area contributed by atoms with Crippen molar-refractivity contribution in [3.05, 3.63) is 85.5 Å². The molecule has 0 saturated carbocycles. The zero-order valence-electron chi connectivity index (χ0n) is 15.6. The Balaban J connectivity index is 1.69. The van der Waals surface area contributed by atoms with E-state index in [9.17, 15) is 9.59 Å². The van der Waals surface area contributed by atoms with Gasteiger partial charge in [0.25, 0.3) is 11.8 Å². The molecule has 0 aliphatic heterocycles. The average Bonchev–Trinajstić information content (AvgIpc) is 3.14. The standard InChI is InChI=1S/C21H17Cl2N3O2S/c1-12-6-9-19(29-12)21(28)24-16-5-3-4-14(10-16)13(2)25-26-20(27)15-7-8-17(22)18(23)11-15/h3-11H,1-2H3,(H,24,28)(H,26,27). The maximum absolute atomic E-state index is 12.3. The predicted molar refractivity (Wildman–Crippen MR) is 120 cm³/mol. The molecule has 5 nitrogen and oxygen atoms in total. The second kappa shape index (κ2) is 9.22. The van der Waals surface area contributed by atoms with Crippen molar-refractivity contribution in [2.24, 2.45) is 5.10 Å². The minimum absolute atomic E-state index is 0.164. The van der Waals surface area contributed by atoms with Gasteiger partial charge in [0.05, 0.1) is 20.6 Å². The topological polar surface area (TPSA) is 70.6 Å². The van der Waals surface area contributed by atoms with E-state index in [4.69, 9.17) is 23.2 Å². The number of benzene rings is 2. The van der Waals surface area contributed by atoms with Crippen molar-refractivity contribution >= 4 is 57.8 Å². The number of nitrogens with zero attached hydrogens (tertiary/aromatic N) is 1. The van der Waals surface area contributed by atoms with E-state index in [2.05, 4.69) is 15.8 Å². The van der Waals surface area contributed by atoms with Gasteiger partial charge in [-0.15, -0.1) is 11.3 Å². The Labute approximate surface area is 182 Å². The first-order chi connectivity index (χ1) is 13.8. The Morgan fingerprint density at radius 2 is 1.72 bits per heavy atom. The van der Waals surface area contributed by atoms with E-state index in [-0.39, 0.29) is 5.91 Å². The summed E-state index contributed by atoms with van der Waals surface area (Å²) in [5.41, 5.74) is 4.84. The van der Waals surface area contributed by atoms with E-state index < -0.39 is 5.91 Å². The lowest BCUT2D eigenvalue weighted by molar-refractivity contribution is 0.0954. The molecule has 1 heterocycles. The number of thiophene rings is 1. The van der Waals surface area contributed by atoms with Crippen LogP contribution in [0, 0.1) is 6.92 Å². The second-order valence-electron chi connectivity index (χ2n) is 6.21. The minimum Gasteiger partial charge on any atom is -0.321 e. The molecule has 0 bridgehead atoms. The molecular formula is C21H17Cl2N3O2S. The van der Waals surface area contributed by atoms with Gasteiger partial charge in [0.15, 0.2) is 0 Å². The Morgan fingerprint density at radius 1 is 0.931 bits per heavy atom. The third kappa shape index (κ3) is 5.44. The van der Waals surface area contributed by atoms with Crippen LogP contribution < -0.4 is 10.7 Å². The normalized spacial score (nSPS) is 11.2. The van der Waals surface area contributed by atoms with Crippen LogP contribution in [-0.4, -0.2) is 17.5 Å². The molecule has 3 aromatic rings. The fourth-order valence-corrected chi connectivity index (χ4v) is 3.53. The van der Waals surface area contributed by atoms with Crippen LogP contribution in [0.3, 0.4) is 0 Å². The molecule has 0 aliphatic rings. The number of halogens is 2. The van der Waals surface area contributed by atoms with Crippen LogP contribution >= 0.6 is 34.5 Å². The molecule has 8 heteroatoms. The van der Waals surface area contributed by atoms with Crippen molar-refractivity contribution < 1.29 is 9.59 Å². The van der Waals surface area contributed by atoms with Crippen molar-refractivity contribution in [3.8, 4) is 0 Å². The average molecular weight is 446 g/mol. The zero-order chi connectivity index (χ0) is 21.0. The summed E-state index contributed by atoms with van der Waals surface area (Å²) in [5.74, 6) is -0.566. The number of hydrogen-bond donors (Lipinski definition) is 2. The molecule has 0 radical (unpaired) electrons. The van der Waals surface area contributed by atoms with Crippen molar-refractivity contribution in [1.82, 2.24) is 5.43 Å². The van der Waals surface area contributed by atoms with Gasteiger partial charge in [0, 0.05) is 16.1 Å². The Bertz CT molecular complexity index is 1110. The Hall–Kier alpha value is -2.67. The van der Waals surface area contributed by atoms with Gasteiger partial charge in [-0.2, -0.15) is 5.10 Å². The van der Waals surface area contributed by atoms with Gasteiger partial charge in [-0.05, 0) is 61.9 Å². The molecular weight excluding hydrogens is 429 g/mol. The first-order valence-electron chi connectivity index (χ1n) is 8.61. The maximum atomic E-state index is 12.3. The summed E-state index contributed by atoms with van der Waals surface area (Å²) in [7, 11) is 0. The highest BCUT2D eigenvalue weighted by Crippen LogP contribution is 2.22. The molecule has 0 fully saturated rings. The molecule has 0 spiro atoms. The van der Waals surface area contributed by atoms with Crippen molar-refractivity contribution in [1.29, 1.82) is 0 Å². The van der Waals surface area contributed by atoms with Crippen molar-refractivity contribution in [2.75, 3.05) is 5.32 Å². The van der Waals surface area contributed by atoms with Gasteiger partial charge >= 0.3 is 0 Å². The van der Waals surface area contributed by atoms with Crippen molar-refractivity contribution in [3.63, 3.8) is 0 Å². The van der Waals surface area contributed by atoms with Gasteiger partial charge in [-0.25, -0.2) is 5.43 Å². The smallest absolute Gasteiger partial charge is 0.271 e. The quantitative estimate of drug-likeness (QED) is 0.386. The highest BCUT2D eigenvalue weighted by Gasteiger charge is 2.10. The molecule has 3 rings (SSSR count). The number of carbonyl (C=O) groups is 2. The van der Waals surface area contributed by atoms with E-state index in [0.29, 0.717) is 31.9 Å². The largest absolute Gasteiger partial charge is 0.321 e. The Morgan fingerprint density at radius 3 is 2.41 bits per heavy atom. The predicted octanol–water partition coefficient (Wildman–Crippen LogP) is 5.77. The summed E-state index contributed by atoms with van der Waals surface area (Å²) < 4.78 is 0. The number of amides is 2. The SMILES string of the molecule is CC(=NNC(=O)c1ccc(Cl)c(Cl)c1)c1cccc(NC(=O)c2ccc(C)s2)c1. The molecule has 0 saturated heterocycles. The monoisotopic (exact) mass is 445 g/mol. The van der Waals surface area contributed by atoms with E-state index in [1.54, 1.807) is 37.3 Å². The molecule has 148 valence electrons. The summed E-state index contributed by atoms with van der Waals surface area (Å²) in [4.78, 5) is 26.3. The van der Waals surface area contributed by atoms with E-state index in [0.717, 1.165) is 10.4 Å². The third-order valence-electron chi connectivity index (χ3n) is 4.01. The van der Waals surface area contributed by atoms with E-state index in [1.165, 1.54) is 17.4 Å². The lowest BCUT2D eigenvalue weighted by Crippen LogP contribution is -2.19. The summed E-state index contributed by atoms with van der Waals surface area (Å²) in [5, 5.41) is 7.68. The fourth-order valence-electron chi connectivity index (χ4n) is 2.47. The lowest BCUT2D eigenvalue weighted by atomic mass is 10.1. The summed E-state index contributed by atoms with van der Waals surface area (Å²) in [6.07, 6.45) is 0. The summed E-state index contributed by atoms with van der Waals surface area (Å²) >= 11 is 13.2. The first kappa shape index (κ1) is 21.0. The maximum Gasteiger partial charge on any atom is 0.271 e. The van der Waals surface area contributed by atoms with Crippen LogP contribution in [0.1, 0.15) is 37.4 Å². The minimum atomic E-state index is -0.402. The number of hydrazone groups is 1. The van der Waals surface area contributed by atoms with Crippen LogP contribution in [0.25, 0.3) is 0 Å². The fraction of sp³-hybridized carbons (Fsp3) is 0.0952. The van der Waals surface area contributed by atoms with Gasteiger partial charge in [-0.3, -0.25) is 9.59 Å². The molecule has 0 atom stereocenters. The van der Waals surface area contributed by atoms with E-state index in [1.807, 2.05) is 25.1 Å². The number of hydrogen-bond acceptors (Lipinski definition) is 4. The number of anilines is 1. The summed E-state index contributed by atoms with van der Waals surface area (Å²) in [6, 6.07) is 15.5. The summed E-state index contributed by atoms with van der Waals surface area (Å²) in [6.45, 7) is 3.72. The van der Waals surface area contributed by atoms with Gasteiger partial charge in [0.1, 0.15) is 0 Å². The van der Waals surface area contributed by atoms with Crippen LogP contribution in [0.5, 0.6) is 0 Å². The van der Waals surface area contributed by atoms with Gasteiger partial charge < -0.3 is 5.32 Å². The van der Waals surface area contributed by atoms with E-state index >= 15 is 0 Å². The highest BCUT2D eigenvalue weighted by atomic mass is 35.5. The molecule has 2 N–H and O–H groups in total. The van der Waals surface area contributed by atoms with Crippen LogP contribution in [0.2, 0.25) is 10.0 Å². The molecule has 0 unspecified atom stereocenters. The van der Waals surface area contributed by atoms with Gasteiger partial charge in [-0.1, -0.05) is 35.3 Å². The van der Waals surface area contributed by atoms with Crippen LogP contribution in [0.15, 0.2) is 59.7 Å². The number of nitrogens with one attached hydrogen (secondary N) is 2. The van der Waals surface area contributed by atoms with Crippen molar-refractivity contribution in [2.45, 2.75) is 13.8 Å². The number of rotatable bonds is 5. The van der Waals surface area contributed by atoms with Gasteiger partial charge in [0.2, 0.25) is 0 Å². The molecule has 1 aromatic heterocycles. The number of aryl methyl sites for hydroxylation is 1. The van der Waals surface area contributed by atoms with Crippen LogP contribution in [-0.2, 0) is 0 Å².